The average Bonchev–Trinajstić information content (AvgIpc) is 2.48. The van der Waals surface area contributed by atoms with E-state index in [0.29, 0.717) is 35.2 Å². The average molecular weight is 310 g/mol. The molecule has 0 aliphatic heterocycles. The first-order valence-corrected chi connectivity index (χ1v) is 7.01. The lowest BCUT2D eigenvalue weighted by Gasteiger charge is -2.13. The zero-order valence-corrected chi connectivity index (χ0v) is 12.7. The van der Waals surface area contributed by atoms with Crippen LogP contribution < -0.4 is 14.8 Å². The van der Waals surface area contributed by atoms with Gasteiger partial charge in [-0.05, 0) is 31.2 Å². The van der Waals surface area contributed by atoms with Gasteiger partial charge in [-0.25, -0.2) is 4.39 Å². The van der Waals surface area contributed by atoms with Crippen LogP contribution in [-0.2, 0) is 6.54 Å². The van der Waals surface area contributed by atoms with E-state index in [-0.39, 0.29) is 5.82 Å². The predicted molar refractivity (Wildman–Crippen MR) is 82.9 cm³/mol. The molecule has 0 amide bonds. The Labute approximate surface area is 128 Å². The van der Waals surface area contributed by atoms with Crippen LogP contribution in [-0.4, -0.2) is 13.7 Å². The van der Waals surface area contributed by atoms with Gasteiger partial charge in [0, 0.05) is 28.9 Å². The van der Waals surface area contributed by atoms with Gasteiger partial charge in [-0.3, -0.25) is 0 Å². The second kappa shape index (κ2) is 7.18. The maximum absolute atomic E-state index is 13.7. The van der Waals surface area contributed by atoms with Crippen molar-refractivity contribution in [3.63, 3.8) is 0 Å². The van der Waals surface area contributed by atoms with Crippen molar-refractivity contribution in [2.45, 2.75) is 13.5 Å². The second-order valence-electron chi connectivity index (χ2n) is 4.35. The molecule has 112 valence electrons. The molecule has 3 nitrogen and oxygen atoms in total. The van der Waals surface area contributed by atoms with E-state index in [1.165, 1.54) is 6.07 Å². The maximum Gasteiger partial charge on any atom is 0.162 e. The number of nitrogens with one attached hydrogen (secondary N) is 1. The molecule has 2 rings (SSSR count). The van der Waals surface area contributed by atoms with Crippen molar-refractivity contribution in [3.05, 3.63) is 52.8 Å². The molecule has 0 saturated carbocycles. The minimum atomic E-state index is -0.326. The third-order valence-corrected chi connectivity index (χ3v) is 3.35. The summed E-state index contributed by atoms with van der Waals surface area (Å²) in [7, 11) is 1.58. The Balaban J connectivity index is 2.13. The summed E-state index contributed by atoms with van der Waals surface area (Å²) in [4.78, 5) is 0. The van der Waals surface area contributed by atoms with Crippen LogP contribution in [0.5, 0.6) is 11.5 Å². The van der Waals surface area contributed by atoms with Crippen LogP contribution in [0.2, 0.25) is 5.02 Å². The van der Waals surface area contributed by atoms with Gasteiger partial charge in [-0.2, -0.15) is 0 Å². The van der Waals surface area contributed by atoms with E-state index in [1.807, 2.05) is 19.1 Å². The molecule has 0 aromatic heterocycles. The molecule has 0 saturated heterocycles. The standard InChI is InChI=1S/C16H17ClFNO2/c1-3-21-15-8-7-11(9-16(15)20-2)19-10-12-13(17)5-4-6-14(12)18/h4-9,19H,3,10H2,1-2H3. The molecule has 21 heavy (non-hydrogen) atoms. The molecule has 0 fully saturated rings. The number of hydrogen-bond donors (Lipinski definition) is 1. The number of benzene rings is 2. The van der Waals surface area contributed by atoms with Gasteiger partial charge in [0.25, 0.3) is 0 Å². The summed E-state index contributed by atoms with van der Waals surface area (Å²) in [5.74, 6) is 0.976. The highest BCUT2D eigenvalue weighted by atomic mass is 35.5. The van der Waals surface area contributed by atoms with Crippen LogP contribution in [0.1, 0.15) is 12.5 Å². The summed E-state index contributed by atoms with van der Waals surface area (Å²) >= 11 is 6.00. The third-order valence-electron chi connectivity index (χ3n) is 2.99. The SMILES string of the molecule is CCOc1ccc(NCc2c(F)cccc2Cl)cc1OC. The molecule has 5 heteroatoms. The van der Waals surface area contributed by atoms with Gasteiger partial charge in [0.1, 0.15) is 5.82 Å². The lowest BCUT2D eigenvalue weighted by Crippen LogP contribution is -2.03. The molecule has 0 unspecified atom stereocenters. The predicted octanol–water partition coefficient (Wildman–Crippen LogP) is 4.50. The highest BCUT2D eigenvalue weighted by Gasteiger charge is 2.08. The van der Waals surface area contributed by atoms with Crippen LogP contribution >= 0.6 is 11.6 Å². The Hall–Kier alpha value is -1.94. The fourth-order valence-electron chi connectivity index (χ4n) is 1.94. The molecule has 0 aliphatic carbocycles. The van der Waals surface area contributed by atoms with Crippen LogP contribution in [0.15, 0.2) is 36.4 Å². The minimum absolute atomic E-state index is 0.294. The van der Waals surface area contributed by atoms with Gasteiger partial charge in [-0.1, -0.05) is 17.7 Å². The highest BCUT2D eigenvalue weighted by molar-refractivity contribution is 6.31. The van der Waals surface area contributed by atoms with Crippen molar-refractivity contribution in [1.82, 2.24) is 0 Å². The molecular weight excluding hydrogens is 293 g/mol. The Kier molecular flexibility index (Phi) is 5.28. The molecule has 0 radical (unpaired) electrons. The number of rotatable bonds is 6. The van der Waals surface area contributed by atoms with E-state index < -0.39 is 0 Å². The summed E-state index contributed by atoms with van der Waals surface area (Å²) in [5.41, 5.74) is 1.24. The number of anilines is 1. The zero-order chi connectivity index (χ0) is 15.2. The van der Waals surface area contributed by atoms with Crippen molar-refractivity contribution in [2.75, 3.05) is 19.0 Å². The van der Waals surface area contributed by atoms with E-state index in [1.54, 1.807) is 25.3 Å². The van der Waals surface area contributed by atoms with Gasteiger partial charge < -0.3 is 14.8 Å². The fraction of sp³-hybridized carbons (Fsp3) is 0.250. The quantitative estimate of drug-likeness (QED) is 0.852. The Morgan fingerprint density at radius 2 is 2.00 bits per heavy atom. The molecular formula is C16H17ClFNO2. The van der Waals surface area contributed by atoms with Crippen LogP contribution in [0.3, 0.4) is 0 Å². The summed E-state index contributed by atoms with van der Waals surface area (Å²) in [6, 6.07) is 10.1. The van der Waals surface area contributed by atoms with Crippen molar-refractivity contribution < 1.29 is 13.9 Å². The molecule has 0 heterocycles. The van der Waals surface area contributed by atoms with Gasteiger partial charge in [-0.15, -0.1) is 0 Å². The number of methoxy groups -OCH3 is 1. The van der Waals surface area contributed by atoms with Crippen LogP contribution in [0.25, 0.3) is 0 Å². The minimum Gasteiger partial charge on any atom is -0.493 e. The topological polar surface area (TPSA) is 30.5 Å². The monoisotopic (exact) mass is 309 g/mol. The van der Waals surface area contributed by atoms with E-state index in [9.17, 15) is 4.39 Å². The van der Waals surface area contributed by atoms with Gasteiger partial charge >= 0.3 is 0 Å². The third kappa shape index (κ3) is 3.79. The van der Waals surface area contributed by atoms with E-state index in [2.05, 4.69) is 5.32 Å². The van der Waals surface area contributed by atoms with Gasteiger partial charge in [0.05, 0.1) is 13.7 Å². The fourth-order valence-corrected chi connectivity index (χ4v) is 2.17. The molecule has 0 atom stereocenters. The Morgan fingerprint density at radius 1 is 1.19 bits per heavy atom. The molecule has 0 spiro atoms. The molecule has 2 aromatic rings. The normalized spacial score (nSPS) is 10.3. The van der Waals surface area contributed by atoms with E-state index >= 15 is 0 Å². The summed E-state index contributed by atoms with van der Waals surface area (Å²) in [6.45, 7) is 2.77. The summed E-state index contributed by atoms with van der Waals surface area (Å²) < 4.78 is 24.4. The van der Waals surface area contributed by atoms with Gasteiger partial charge in [0.2, 0.25) is 0 Å². The van der Waals surface area contributed by atoms with Crippen LogP contribution in [0, 0.1) is 5.82 Å². The number of hydrogen-bond acceptors (Lipinski definition) is 3. The van der Waals surface area contributed by atoms with Gasteiger partial charge in [0.15, 0.2) is 11.5 Å². The largest absolute Gasteiger partial charge is 0.493 e. The highest BCUT2D eigenvalue weighted by Crippen LogP contribution is 2.30. The van der Waals surface area contributed by atoms with Crippen molar-refractivity contribution >= 4 is 17.3 Å². The number of ether oxygens (including phenoxy) is 2. The first-order chi connectivity index (χ1) is 10.2. The number of halogens is 2. The Morgan fingerprint density at radius 3 is 2.67 bits per heavy atom. The lowest BCUT2D eigenvalue weighted by molar-refractivity contribution is 0.311. The smallest absolute Gasteiger partial charge is 0.162 e. The maximum atomic E-state index is 13.7. The molecule has 0 bridgehead atoms. The lowest BCUT2D eigenvalue weighted by atomic mass is 10.2. The van der Waals surface area contributed by atoms with Crippen molar-refractivity contribution in [2.24, 2.45) is 0 Å². The first-order valence-electron chi connectivity index (χ1n) is 6.63. The van der Waals surface area contributed by atoms with E-state index in [4.69, 9.17) is 21.1 Å². The van der Waals surface area contributed by atoms with Crippen molar-refractivity contribution in [3.8, 4) is 11.5 Å². The molecule has 1 N–H and O–H groups in total. The summed E-state index contributed by atoms with van der Waals surface area (Å²) in [5, 5.41) is 3.53. The summed E-state index contributed by atoms with van der Waals surface area (Å²) in [6.07, 6.45) is 0. The second-order valence-corrected chi connectivity index (χ2v) is 4.76. The zero-order valence-electron chi connectivity index (χ0n) is 12.0. The molecule has 2 aromatic carbocycles. The van der Waals surface area contributed by atoms with Crippen LogP contribution in [0.4, 0.5) is 10.1 Å². The molecule has 0 aliphatic rings. The Bertz CT molecular complexity index is 599. The van der Waals surface area contributed by atoms with Crippen molar-refractivity contribution in [1.29, 1.82) is 0 Å². The first kappa shape index (κ1) is 15.4. The van der Waals surface area contributed by atoms with E-state index in [0.717, 1.165) is 5.69 Å².